The number of methoxy groups -OCH3 is 1. The predicted octanol–water partition coefficient (Wildman–Crippen LogP) is 5.04. The van der Waals surface area contributed by atoms with E-state index in [1.165, 1.54) is 13.2 Å². The highest BCUT2D eigenvalue weighted by Crippen LogP contribution is 2.41. The van der Waals surface area contributed by atoms with Crippen molar-refractivity contribution in [1.29, 1.82) is 0 Å². The highest BCUT2D eigenvalue weighted by molar-refractivity contribution is 6.05. The fourth-order valence-corrected chi connectivity index (χ4v) is 9.50. The number of carbonyl (C=O) groups is 3. The number of imide groups is 1. The molecule has 4 fully saturated rings. The average Bonchev–Trinajstić information content (AvgIpc) is 3.97. The standard InChI is InChI=1S/C40H42F3N9O5/c1-48-36-30(6-4-7-31(36)52(39(48)56)32-13-14-35(53)46-38(32)55)50-21-25-16-26(50)20-49(25)18-22-9-11-24(12-10-22)51-19-23-15-29(33(57-2)17-28(23)47-51)45-37(54)27-5-3-8-34(44-27)40(41,42)43/h3-8,15,17,19,22,24-26,32H,9-14,16,18,20-21H2,1-2H3,(H,45,54)(H,46,53,55)/t22?,24?,25-,26-,32?/m1/s1. The number of piperidine rings is 1. The number of pyridine rings is 1. The summed E-state index contributed by atoms with van der Waals surface area (Å²) >= 11 is 0. The van der Waals surface area contributed by atoms with Crippen molar-refractivity contribution in [1.82, 2.24) is 34.1 Å². The van der Waals surface area contributed by atoms with Crippen molar-refractivity contribution in [2.75, 3.05) is 37.0 Å². The van der Waals surface area contributed by atoms with Crippen LogP contribution in [0.25, 0.3) is 21.9 Å². The summed E-state index contributed by atoms with van der Waals surface area (Å²) in [6, 6.07) is 12.7. The summed E-state index contributed by atoms with van der Waals surface area (Å²) < 4.78 is 50.2. The first kappa shape index (κ1) is 36.9. The van der Waals surface area contributed by atoms with Crippen LogP contribution in [0.3, 0.4) is 0 Å². The molecule has 1 aliphatic carbocycles. The van der Waals surface area contributed by atoms with Crippen LogP contribution >= 0.6 is 0 Å². The van der Waals surface area contributed by atoms with Gasteiger partial charge in [0.2, 0.25) is 11.8 Å². The smallest absolute Gasteiger partial charge is 0.433 e. The van der Waals surface area contributed by atoms with Gasteiger partial charge in [-0.3, -0.25) is 38.4 Å². The molecule has 5 aromatic rings. The third-order valence-electron chi connectivity index (χ3n) is 12.3. The van der Waals surface area contributed by atoms with Gasteiger partial charge in [0.15, 0.2) is 0 Å². The normalized spacial score (nSPS) is 24.1. The van der Waals surface area contributed by atoms with E-state index in [2.05, 4.69) is 31.5 Å². The Morgan fingerprint density at radius 3 is 2.49 bits per heavy atom. The number of nitrogens with zero attached hydrogens (tertiary/aromatic N) is 7. The Balaban J connectivity index is 0.832. The monoisotopic (exact) mass is 785 g/mol. The zero-order valence-corrected chi connectivity index (χ0v) is 31.5. The van der Waals surface area contributed by atoms with Crippen LogP contribution in [0.1, 0.15) is 73.2 Å². The number of imidazole rings is 1. The molecule has 3 amide bonds. The Hall–Kier alpha value is -5.71. The summed E-state index contributed by atoms with van der Waals surface area (Å²) in [5.41, 5.74) is 1.74. The quantitative estimate of drug-likeness (QED) is 0.207. The number of benzene rings is 2. The molecule has 2 N–H and O–H groups in total. The fraction of sp³-hybridized carbons (Fsp3) is 0.450. The van der Waals surface area contributed by atoms with E-state index in [1.54, 1.807) is 28.3 Å². The molecule has 3 atom stereocenters. The van der Waals surface area contributed by atoms with Crippen LogP contribution in [0.2, 0.25) is 0 Å². The summed E-state index contributed by atoms with van der Waals surface area (Å²) in [4.78, 5) is 59.5. The van der Waals surface area contributed by atoms with Crippen LogP contribution in [0, 0.1) is 5.92 Å². The Bertz CT molecular complexity index is 2480. The third-order valence-corrected chi connectivity index (χ3v) is 12.3. The first-order valence-electron chi connectivity index (χ1n) is 19.3. The molecule has 9 rings (SSSR count). The lowest BCUT2D eigenvalue weighted by molar-refractivity contribution is -0.141. The van der Waals surface area contributed by atoms with Gasteiger partial charge in [-0.1, -0.05) is 12.1 Å². The second-order valence-electron chi connectivity index (χ2n) is 15.7. The lowest BCUT2D eigenvalue weighted by Crippen LogP contribution is -2.48. The molecule has 298 valence electrons. The maximum Gasteiger partial charge on any atom is 0.433 e. The molecular formula is C40H42F3N9O5. The summed E-state index contributed by atoms with van der Waals surface area (Å²) in [6.45, 7) is 2.83. The van der Waals surface area contributed by atoms with Gasteiger partial charge in [-0.25, -0.2) is 9.78 Å². The Morgan fingerprint density at radius 1 is 0.982 bits per heavy atom. The van der Waals surface area contributed by atoms with Crippen molar-refractivity contribution in [2.24, 2.45) is 13.0 Å². The molecule has 57 heavy (non-hydrogen) atoms. The third kappa shape index (κ3) is 6.60. The van der Waals surface area contributed by atoms with E-state index in [0.717, 1.165) is 80.5 Å². The molecule has 3 aliphatic heterocycles. The van der Waals surface area contributed by atoms with Crippen LogP contribution in [-0.4, -0.2) is 85.3 Å². The van der Waals surface area contributed by atoms with Crippen molar-refractivity contribution in [3.63, 3.8) is 0 Å². The second kappa shape index (κ2) is 14.0. The van der Waals surface area contributed by atoms with Crippen LogP contribution in [0.5, 0.6) is 5.75 Å². The predicted molar refractivity (Wildman–Crippen MR) is 204 cm³/mol. The number of carbonyl (C=O) groups excluding carboxylic acids is 3. The van der Waals surface area contributed by atoms with E-state index in [1.807, 2.05) is 23.0 Å². The van der Waals surface area contributed by atoms with Gasteiger partial charge in [-0.2, -0.15) is 18.3 Å². The molecule has 1 unspecified atom stereocenters. The molecule has 0 spiro atoms. The van der Waals surface area contributed by atoms with E-state index in [9.17, 15) is 32.3 Å². The Kier molecular flexibility index (Phi) is 9.09. The van der Waals surface area contributed by atoms with Gasteiger partial charge < -0.3 is 15.0 Å². The zero-order valence-electron chi connectivity index (χ0n) is 31.5. The number of aryl methyl sites for hydroxylation is 1. The number of fused-ring (bicyclic) bond motifs is 4. The number of hydrogen-bond acceptors (Lipinski definition) is 9. The van der Waals surface area contributed by atoms with Crippen LogP contribution in [0.15, 0.2) is 59.5 Å². The van der Waals surface area contributed by atoms with Crippen molar-refractivity contribution in [3.05, 3.63) is 76.6 Å². The minimum absolute atomic E-state index is 0.197. The summed E-state index contributed by atoms with van der Waals surface area (Å²) in [6.07, 6.45) is 2.87. The zero-order chi connectivity index (χ0) is 39.7. The van der Waals surface area contributed by atoms with Gasteiger partial charge in [0.05, 0.1) is 41.1 Å². The van der Waals surface area contributed by atoms with E-state index in [4.69, 9.17) is 9.84 Å². The van der Waals surface area contributed by atoms with Crippen LogP contribution in [0.4, 0.5) is 24.5 Å². The molecule has 3 aromatic heterocycles. The van der Waals surface area contributed by atoms with Crippen molar-refractivity contribution < 1.29 is 32.3 Å². The largest absolute Gasteiger partial charge is 0.494 e. The topological polar surface area (TPSA) is 149 Å². The average molecular weight is 786 g/mol. The highest BCUT2D eigenvalue weighted by atomic mass is 19.4. The highest BCUT2D eigenvalue weighted by Gasteiger charge is 2.45. The summed E-state index contributed by atoms with van der Waals surface area (Å²) in [5.74, 6) is -0.648. The molecule has 0 radical (unpaired) electrons. The van der Waals surface area contributed by atoms with Crippen LogP contribution < -0.4 is 26.0 Å². The lowest BCUT2D eigenvalue weighted by Gasteiger charge is -2.39. The molecule has 14 nitrogen and oxygen atoms in total. The fourth-order valence-electron chi connectivity index (χ4n) is 9.50. The van der Waals surface area contributed by atoms with Crippen molar-refractivity contribution in [3.8, 4) is 5.75 Å². The molecular weight excluding hydrogens is 743 g/mol. The number of para-hydroxylation sites is 1. The lowest BCUT2D eigenvalue weighted by atomic mass is 9.85. The first-order valence-corrected chi connectivity index (χ1v) is 19.3. The summed E-state index contributed by atoms with van der Waals surface area (Å²) in [7, 11) is 3.20. The minimum Gasteiger partial charge on any atom is -0.494 e. The van der Waals surface area contributed by atoms with Crippen molar-refractivity contribution in [2.45, 2.75) is 75.3 Å². The van der Waals surface area contributed by atoms with Gasteiger partial charge in [-0.15, -0.1) is 0 Å². The molecule has 17 heteroatoms. The molecule has 3 saturated heterocycles. The maximum absolute atomic E-state index is 13.5. The number of hydrogen-bond donors (Lipinski definition) is 2. The van der Waals surface area contributed by atoms with E-state index < -0.39 is 29.7 Å². The molecule has 6 heterocycles. The van der Waals surface area contributed by atoms with Gasteiger partial charge in [0.25, 0.3) is 5.91 Å². The van der Waals surface area contributed by atoms with E-state index in [0.29, 0.717) is 46.9 Å². The van der Waals surface area contributed by atoms with Gasteiger partial charge in [-0.05, 0) is 74.8 Å². The van der Waals surface area contributed by atoms with Gasteiger partial charge >= 0.3 is 11.9 Å². The van der Waals surface area contributed by atoms with E-state index in [-0.39, 0.29) is 29.8 Å². The van der Waals surface area contributed by atoms with Gasteiger partial charge in [0.1, 0.15) is 23.2 Å². The number of amides is 3. The second-order valence-corrected chi connectivity index (χ2v) is 15.7. The number of anilines is 2. The number of piperazine rings is 1. The first-order chi connectivity index (χ1) is 27.4. The number of rotatable bonds is 8. The van der Waals surface area contributed by atoms with Crippen molar-refractivity contribution >= 4 is 51.0 Å². The number of halogens is 3. The minimum atomic E-state index is -4.67. The Morgan fingerprint density at radius 2 is 1.77 bits per heavy atom. The number of nitrogens with one attached hydrogen (secondary N) is 2. The number of likely N-dealkylation sites (tertiary alicyclic amines) is 1. The Labute approximate surface area is 324 Å². The molecule has 2 bridgehead atoms. The molecule has 1 saturated carbocycles. The summed E-state index contributed by atoms with van der Waals surface area (Å²) in [5, 5.41) is 10.7. The molecule has 2 aromatic carbocycles. The van der Waals surface area contributed by atoms with Gasteiger partial charge in [0, 0.05) is 62.8 Å². The maximum atomic E-state index is 13.5. The SMILES string of the molecule is COc1cc2nn(C3CCC(CN4C[C@H]5C[C@@H]4CN5c4cccc5c4n(C)c(=O)n5C4CCC(=O)NC4=O)CC3)cc2cc1NC(=O)c1cccc(C(F)(F)F)n1. The van der Waals surface area contributed by atoms with E-state index >= 15 is 0 Å². The number of alkyl halides is 3. The van der Waals surface area contributed by atoms with Crippen LogP contribution in [-0.2, 0) is 22.8 Å². The number of aromatic nitrogens is 5. The molecule has 4 aliphatic rings. The number of ether oxygens (including phenoxy) is 1.